The standard InChI is InChI=1S/C20H30N4O4/c1-14(2)21-20(25)15-3-5-16(6-4-15)22-18-13-17(7-8-19(18)24(26)27)23-9-11-28-12-10-23/h7-8,13-16,22H,3-6,9-12H2,1-2H3,(H,21,25)/t15-,16+. The van der Waals surface area contributed by atoms with Gasteiger partial charge < -0.3 is 20.3 Å². The minimum Gasteiger partial charge on any atom is -0.378 e. The Morgan fingerprint density at radius 3 is 2.50 bits per heavy atom. The number of nitro benzene ring substituents is 1. The molecule has 0 atom stereocenters. The first-order valence-electron chi connectivity index (χ1n) is 10.1. The molecule has 28 heavy (non-hydrogen) atoms. The van der Waals surface area contributed by atoms with Crippen molar-refractivity contribution in [1.29, 1.82) is 0 Å². The van der Waals surface area contributed by atoms with Crippen LogP contribution < -0.4 is 15.5 Å². The number of hydrogen-bond donors (Lipinski definition) is 2. The van der Waals surface area contributed by atoms with Gasteiger partial charge in [0.05, 0.1) is 18.1 Å². The van der Waals surface area contributed by atoms with Crippen LogP contribution in [0.25, 0.3) is 0 Å². The van der Waals surface area contributed by atoms with Crippen molar-refractivity contribution in [2.24, 2.45) is 5.92 Å². The van der Waals surface area contributed by atoms with Gasteiger partial charge in [-0.15, -0.1) is 0 Å². The van der Waals surface area contributed by atoms with Crippen LogP contribution in [-0.2, 0) is 9.53 Å². The molecule has 1 aliphatic heterocycles. The number of hydrogen-bond acceptors (Lipinski definition) is 6. The van der Waals surface area contributed by atoms with Crippen LogP contribution in [-0.4, -0.2) is 49.2 Å². The number of carbonyl (C=O) groups is 1. The third kappa shape index (κ3) is 5.13. The van der Waals surface area contributed by atoms with E-state index in [1.807, 2.05) is 26.0 Å². The molecule has 2 N–H and O–H groups in total. The van der Waals surface area contributed by atoms with Gasteiger partial charge in [0.2, 0.25) is 5.91 Å². The monoisotopic (exact) mass is 390 g/mol. The predicted octanol–water partition coefficient (Wildman–Crippen LogP) is 2.93. The molecule has 0 unspecified atom stereocenters. The number of morpholine rings is 1. The number of anilines is 2. The average Bonchev–Trinajstić information content (AvgIpc) is 2.68. The van der Waals surface area contributed by atoms with Crippen LogP contribution in [0.2, 0.25) is 0 Å². The van der Waals surface area contributed by atoms with Crippen LogP contribution in [0.4, 0.5) is 17.1 Å². The molecule has 1 aromatic rings. The number of benzene rings is 1. The lowest BCUT2D eigenvalue weighted by molar-refractivity contribution is -0.384. The van der Waals surface area contributed by atoms with Crippen molar-refractivity contribution in [2.75, 3.05) is 36.5 Å². The molecule has 154 valence electrons. The zero-order valence-electron chi connectivity index (χ0n) is 16.6. The largest absolute Gasteiger partial charge is 0.378 e. The number of amides is 1. The summed E-state index contributed by atoms with van der Waals surface area (Å²) in [5, 5.41) is 17.8. The van der Waals surface area contributed by atoms with Crippen molar-refractivity contribution < 1.29 is 14.5 Å². The summed E-state index contributed by atoms with van der Waals surface area (Å²) in [5.74, 6) is 0.156. The highest BCUT2D eigenvalue weighted by molar-refractivity contribution is 5.79. The van der Waals surface area contributed by atoms with Gasteiger partial charge >= 0.3 is 0 Å². The first kappa shape index (κ1) is 20.4. The zero-order valence-corrected chi connectivity index (χ0v) is 16.6. The van der Waals surface area contributed by atoms with Crippen LogP contribution in [0.15, 0.2) is 18.2 Å². The quantitative estimate of drug-likeness (QED) is 0.573. The first-order chi connectivity index (χ1) is 13.4. The fourth-order valence-corrected chi connectivity index (χ4v) is 3.94. The van der Waals surface area contributed by atoms with E-state index in [1.165, 1.54) is 0 Å². The highest BCUT2D eigenvalue weighted by Gasteiger charge is 2.28. The number of rotatable bonds is 6. The van der Waals surface area contributed by atoms with E-state index in [1.54, 1.807) is 6.07 Å². The fourth-order valence-electron chi connectivity index (χ4n) is 3.94. The summed E-state index contributed by atoms with van der Waals surface area (Å²) in [6, 6.07) is 5.55. The van der Waals surface area contributed by atoms with E-state index < -0.39 is 0 Å². The molecule has 2 fully saturated rings. The van der Waals surface area contributed by atoms with Crippen molar-refractivity contribution in [3.05, 3.63) is 28.3 Å². The van der Waals surface area contributed by atoms with Gasteiger partial charge in [0.25, 0.3) is 5.69 Å². The summed E-state index contributed by atoms with van der Waals surface area (Å²) in [5.41, 5.74) is 1.63. The van der Waals surface area contributed by atoms with E-state index >= 15 is 0 Å². The Hall–Kier alpha value is -2.35. The Bertz CT molecular complexity index is 695. The zero-order chi connectivity index (χ0) is 20.1. The molecule has 1 aliphatic carbocycles. The lowest BCUT2D eigenvalue weighted by Gasteiger charge is -2.31. The van der Waals surface area contributed by atoms with Crippen molar-refractivity contribution in [3.63, 3.8) is 0 Å². The van der Waals surface area contributed by atoms with Gasteiger partial charge in [-0.1, -0.05) is 0 Å². The van der Waals surface area contributed by atoms with Crippen LogP contribution in [0.3, 0.4) is 0 Å². The highest BCUT2D eigenvalue weighted by Crippen LogP contribution is 2.33. The van der Waals surface area contributed by atoms with Gasteiger partial charge in [0.15, 0.2) is 0 Å². The lowest BCUT2D eigenvalue weighted by Crippen LogP contribution is -2.39. The Morgan fingerprint density at radius 1 is 1.21 bits per heavy atom. The molecule has 0 bridgehead atoms. The van der Waals surface area contributed by atoms with Crippen LogP contribution in [0, 0.1) is 16.0 Å². The van der Waals surface area contributed by atoms with E-state index in [-0.39, 0.29) is 34.5 Å². The van der Waals surface area contributed by atoms with Gasteiger partial charge in [-0.2, -0.15) is 0 Å². The number of nitrogens with zero attached hydrogens (tertiary/aromatic N) is 2. The summed E-state index contributed by atoms with van der Waals surface area (Å²) >= 11 is 0. The number of nitrogens with one attached hydrogen (secondary N) is 2. The van der Waals surface area contributed by atoms with Gasteiger partial charge in [0.1, 0.15) is 5.69 Å². The second-order valence-electron chi connectivity index (χ2n) is 7.91. The van der Waals surface area contributed by atoms with Crippen molar-refractivity contribution in [2.45, 2.75) is 51.6 Å². The molecule has 1 aromatic carbocycles. The molecule has 0 aromatic heterocycles. The molecule has 0 spiro atoms. The first-order valence-corrected chi connectivity index (χ1v) is 10.1. The number of nitro groups is 1. The maximum atomic E-state index is 12.2. The SMILES string of the molecule is CC(C)NC(=O)[C@H]1CC[C@@H](Nc2cc(N3CCOCC3)ccc2[N+](=O)[O-])CC1. The second-order valence-corrected chi connectivity index (χ2v) is 7.91. The molecular weight excluding hydrogens is 360 g/mol. The molecule has 1 heterocycles. The number of ether oxygens (including phenoxy) is 1. The molecule has 3 rings (SSSR count). The van der Waals surface area contributed by atoms with Crippen LogP contribution >= 0.6 is 0 Å². The minimum absolute atomic E-state index is 0.0371. The molecule has 8 nitrogen and oxygen atoms in total. The smallest absolute Gasteiger partial charge is 0.292 e. The molecule has 1 saturated heterocycles. The summed E-state index contributed by atoms with van der Waals surface area (Å²) in [6.45, 7) is 6.84. The maximum Gasteiger partial charge on any atom is 0.292 e. The summed E-state index contributed by atoms with van der Waals surface area (Å²) < 4.78 is 5.39. The highest BCUT2D eigenvalue weighted by atomic mass is 16.6. The second kappa shape index (κ2) is 9.23. The topological polar surface area (TPSA) is 96.7 Å². The van der Waals surface area contributed by atoms with E-state index in [2.05, 4.69) is 15.5 Å². The molecule has 1 amide bonds. The molecule has 2 aliphatic rings. The lowest BCUT2D eigenvalue weighted by atomic mass is 9.85. The van der Waals surface area contributed by atoms with Crippen LogP contribution in [0.1, 0.15) is 39.5 Å². The van der Waals surface area contributed by atoms with E-state index in [0.29, 0.717) is 18.9 Å². The average molecular weight is 390 g/mol. The number of carbonyl (C=O) groups excluding carboxylic acids is 1. The Morgan fingerprint density at radius 2 is 1.89 bits per heavy atom. The molecule has 0 radical (unpaired) electrons. The fraction of sp³-hybridized carbons (Fsp3) is 0.650. The maximum absolute atomic E-state index is 12.2. The predicted molar refractivity (Wildman–Crippen MR) is 109 cm³/mol. The Kier molecular flexibility index (Phi) is 6.72. The van der Waals surface area contributed by atoms with Crippen LogP contribution in [0.5, 0.6) is 0 Å². The van der Waals surface area contributed by atoms with Crippen molar-refractivity contribution in [3.8, 4) is 0 Å². The third-order valence-electron chi connectivity index (χ3n) is 5.44. The normalized spacial score (nSPS) is 22.8. The van der Waals surface area contributed by atoms with Gasteiger partial charge in [0, 0.05) is 42.8 Å². The molecular formula is C20H30N4O4. The van der Waals surface area contributed by atoms with Gasteiger partial charge in [-0.05, 0) is 51.7 Å². The van der Waals surface area contributed by atoms with E-state index in [0.717, 1.165) is 44.5 Å². The summed E-state index contributed by atoms with van der Waals surface area (Å²) in [4.78, 5) is 25.5. The van der Waals surface area contributed by atoms with E-state index in [4.69, 9.17) is 4.74 Å². The molecule has 1 saturated carbocycles. The summed E-state index contributed by atoms with van der Waals surface area (Å²) in [7, 11) is 0. The minimum atomic E-state index is -0.340. The van der Waals surface area contributed by atoms with Gasteiger partial charge in [-0.3, -0.25) is 14.9 Å². The van der Waals surface area contributed by atoms with Crippen molar-refractivity contribution >= 4 is 23.0 Å². The third-order valence-corrected chi connectivity index (χ3v) is 5.44. The Labute approximate surface area is 165 Å². The van der Waals surface area contributed by atoms with Crippen molar-refractivity contribution in [1.82, 2.24) is 5.32 Å². The van der Waals surface area contributed by atoms with E-state index in [9.17, 15) is 14.9 Å². The summed E-state index contributed by atoms with van der Waals surface area (Å²) in [6.07, 6.45) is 3.25. The van der Waals surface area contributed by atoms with Gasteiger partial charge in [-0.25, -0.2) is 0 Å². The Balaban J connectivity index is 1.66. The molecule has 8 heteroatoms.